The Labute approximate surface area is 218 Å². The van der Waals surface area contributed by atoms with Crippen molar-refractivity contribution in [1.29, 1.82) is 0 Å². The van der Waals surface area contributed by atoms with Crippen LogP contribution < -0.4 is 15.4 Å². The van der Waals surface area contributed by atoms with E-state index in [2.05, 4.69) is 16.9 Å². The zero-order valence-electron chi connectivity index (χ0n) is 21.6. The number of piperazine rings is 1. The van der Waals surface area contributed by atoms with Crippen molar-refractivity contribution < 1.29 is 41.8 Å². The third kappa shape index (κ3) is 7.91. The molecule has 11 nitrogen and oxygen atoms in total. The highest BCUT2D eigenvalue weighted by molar-refractivity contribution is 6.02. The van der Waals surface area contributed by atoms with E-state index in [1.165, 1.54) is 38.6 Å². The van der Waals surface area contributed by atoms with Gasteiger partial charge in [-0.3, -0.25) is 29.2 Å². The van der Waals surface area contributed by atoms with Crippen LogP contribution in [-0.4, -0.2) is 102 Å². The van der Waals surface area contributed by atoms with E-state index < -0.39 is 54.0 Å². The normalized spacial score (nSPS) is 17.2. The quantitative estimate of drug-likeness (QED) is 0.336. The Hall–Kier alpha value is -3.68. The van der Waals surface area contributed by atoms with Gasteiger partial charge in [0.2, 0.25) is 11.8 Å². The van der Waals surface area contributed by atoms with Crippen molar-refractivity contribution in [2.75, 3.05) is 39.9 Å². The molecule has 0 spiro atoms. The van der Waals surface area contributed by atoms with Gasteiger partial charge in [0.25, 0.3) is 0 Å². The number of aromatic nitrogens is 1. The summed E-state index contributed by atoms with van der Waals surface area (Å²) in [5.41, 5.74) is -1.08. The van der Waals surface area contributed by atoms with E-state index in [4.69, 9.17) is 9.47 Å². The molecular formula is C24H32F3N5O6. The maximum absolute atomic E-state index is 13.2. The second-order valence-electron chi connectivity index (χ2n) is 9.09. The van der Waals surface area contributed by atoms with Gasteiger partial charge in [-0.25, -0.2) is 4.79 Å². The molecule has 2 atom stereocenters. The lowest BCUT2D eigenvalue weighted by Crippen LogP contribution is -2.67. The number of carbonyl (C=O) groups excluding carboxylic acids is 4. The number of rotatable bonds is 10. The number of ether oxygens (including phenoxy) is 2. The number of halogens is 3. The van der Waals surface area contributed by atoms with Crippen LogP contribution in [0.2, 0.25) is 0 Å². The number of amides is 3. The second kappa shape index (κ2) is 12.7. The van der Waals surface area contributed by atoms with E-state index in [1.54, 1.807) is 24.1 Å². The summed E-state index contributed by atoms with van der Waals surface area (Å²) in [5.74, 6) is -1.66. The Kier molecular flexibility index (Phi) is 10.2. The lowest BCUT2D eigenvalue weighted by molar-refractivity contribution is -0.145. The van der Waals surface area contributed by atoms with Crippen molar-refractivity contribution in [1.82, 2.24) is 25.4 Å². The molecule has 14 heteroatoms. The SMILES string of the molecule is C=CCOC(=O)N1CCN(C(C)(C)C(=O)NC(C)C(=O)c2cncc(OC)c2)C[C@H]1C(=O)NCC(F)(F)F. The Morgan fingerprint density at radius 1 is 1.24 bits per heavy atom. The van der Waals surface area contributed by atoms with Gasteiger partial charge in [-0.15, -0.1) is 0 Å². The first kappa shape index (κ1) is 30.5. The third-order valence-corrected chi connectivity index (χ3v) is 6.03. The van der Waals surface area contributed by atoms with E-state index >= 15 is 0 Å². The predicted octanol–water partition coefficient (Wildman–Crippen LogP) is 1.54. The third-order valence-electron chi connectivity index (χ3n) is 6.03. The molecule has 0 bridgehead atoms. The van der Waals surface area contributed by atoms with Gasteiger partial charge in [0.05, 0.1) is 24.9 Å². The average Bonchev–Trinajstić information content (AvgIpc) is 2.88. The van der Waals surface area contributed by atoms with E-state index in [9.17, 15) is 32.3 Å². The van der Waals surface area contributed by atoms with Crippen molar-refractivity contribution >= 4 is 23.7 Å². The fourth-order valence-corrected chi connectivity index (χ4v) is 3.75. The maximum Gasteiger partial charge on any atom is 0.410 e. The van der Waals surface area contributed by atoms with Crippen molar-refractivity contribution in [2.24, 2.45) is 0 Å². The molecule has 0 radical (unpaired) electrons. The molecule has 1 aliphatic heterocycles. The zero-order valence-corrected chi connectivity index (χ0v) is 21.6. The molecule has 1 fully saturated rings. The molecule has 38 heavy (non-hydrogen) atoms. The van der Waals surface area contributed by atoms with Gasteiger partial charge in [0.15, 0.2) is 5.78 Å². The number of hydrogen-bond donors (Lipinski definition) is 2. The Morgan fingerprint density at radius 2 is 1.92 bits per heavy atom. The summed E-state index contributed by atoms with van der Waals surface area (Å²) in [7, 11) is 1.43. The molecule has 2 N–H and O–H groups in total. The van der Waals surface area contributed by atoms with Crippen LogP contribution in [-0.2, 0) is 14.3 Å². The number of Topliss-reactive ketones (excluding diaryl/α,β-unsaturated/α-hetero) is 1. The minimum absolute atomic E-state index is 0.0965. The predicted molar refractivity (Wildman–Crippen MR) is 129 cm³/mol. The number of nitrogens with one attached hydrogen (secondary N) is 2. The summed E-state index contributed by atoms with van der Waals surface area (Å²) >= 11 is 0. The molecule has 0 saturated carbocycles. The number of nitrogens with zero attached hydrogens (tertiary/aromatic N) is 3. The van der Waals surface area contributed by atoms with Crippen LogP contribution in [0.15, 0.2) is 31.1 Å². The molecule has 1 aromatic heterocycles. The van der Waals surface area contributed by atoms with E-state index in [1.807, 2.05) is 0 Å². The Bertz CT molecular complexity index is 1050. The topological polar surface area (TPSA) is 130 Å². The highest BCUT2D eigenvalue weighted by atomic mass is 19.4. The number of pyridine rings is 1. The molecule has 0 aromatic carbocycles. The van der Waals surface area contributed by atoms with Crippen molar-refractivity contribution in [3.05, 3.63) is 36.7 Å². The van der Waals surface area contributed by atoms with Crippen molar-refractivity contribution in [2.45, 2.75) is 44.6 Å². The molecule has 0 aliphatic carbocycles. The van der Waals surface area contributed by atoms with Crippen LogP contribution in [0.5, 0.6) is 5.75 Å². The first-order valence-electron chi connectivity index (χ1n) is 11.7. The first-order chi connectivity index (χ1) is 17.7. The van der Waals surface area contributed by atoms with Crippen LogP contribution in [0.1, 0.15) is 31.1 Å². The van der Waals surface area contributed by atoms with Gasteiger partial charge in [-0.05, 0) is 26.8 Å². The number of hydrogen-bond acceptors (Lipinski definition) is 8. The molecule has 2 heterocycles. The lowest BCUT2D eigenvalue weighted by atomic mass is 9.97. The molecule has 2 rings (SSSR count). The van der Waals surface area contributed by atoms with Gasteiger partial charge in [0.1, 0.15) is 24.9 Å². The molecule has 3 amide bonds. The number of methoxy groups -OCH3 is 1. The summed E-state index contributed by atoms with van der Waals surface area (Å²) in [5, 5.41) is 4.43. The second-order valence-corrected chi connectivity index (χ2v) is 9.09. The van der Waals surface area contributed by atoms with E-state index in [0.717, 1.165) is 4.90 Å². The Balaban J connectivity index is 2.17. The fraction of sp³-hybridized carbons (Fsp3) is 0.542. The standard InChI is InChI=1S/C24H32F3N5O6/c1-6-9-38-22(36)32-8-7-31(13-18(32)20(34)29-14-24(25,26)27)23(3,4)21(35)30-15(2)19(33)16-10-17(37-5)12-28-11-16/h6,10-12,15,18H,1,7-9,13-14H2,2-5H3,(H,29,34)(H,30,35)/t15?,18-/m0/s1. The molecule has 1 aliphatic rings. The molecule has 1 unspecified atom stereocenters. The summed E-state index contributed by atoms with van der Waals surface area (Å²) in [6, 6.07) is -0.827. The fourth-order valence-electron chi connectivity index (χ4n) is 3.75. The molecule has 1 aromatic rings. The highest BCUT2D eigenvalue weighted by Gasteiger charge is 2.44. The molecule has 210 valence electrons. The highest BCUT2D eigenvalue weighted by Crippen LogP contribution is 2.23. The van der Waals surface area contributed by atoms with Gasteiger partial charge in [-0.2, -0.15) is 13.2 Å². The van der Waals surface area contributed by atoms with Crippen LogP contribution in [0.25, 0.3) is 0 Å². The van der Waals surface area contributed by atoms with Gasteiger partial charge in [0, 0.05) is 31.4 Å². The summed E-state index contributed by atoms with van der Waals surface area (Å²) in [6.07, 6.45) is -1.47. The van der Waals surface area contributed by atoms with E-state index in [-0.39, 0.29) is 31.8 Å². The number of alkyl halides is 3. The van der Waals surface area contributed by atoms with Crippen LogP contribution >= 0.6 is 0 Å². The monoisotopic (exact) mass is 543 g/mol. The van der Waals surface area contributed by atoms with Crippen molar-refractivity contribution in [3.63, 3.8) is 0 Å². The lowest BCUT2D eigenvalue weighted by Gasteiger charge is -2.46. The summed E-state index contributed by atoms with van der Waals surface area (Å²) in [6.45, 7) is 6.03. The van der Waals surface area contributed by atoms with Gasteiger partial charge in [-0.1, -0.05) is 12.7 Å². The zero-order chi connectivity index (χ0) is 28.7. The first-order valence-corrected chi connectivity index (χ1v) is 11.7. The van der Waals surface area contributed by atoms with Gasteiger partial charge >= 0.3 is 12.3 Å². The average molecular weight is 544 g/mol. The van der Waals surface area contributed by atoms with Crippen LogP contribution in [0.4, 0.5) is 18.0 Å². The number of ketones is 1. The van der Waals surface area contributed by atoms with Gasteiger partial charge < -0.3 is 20.1 Å². The Morgan fingerprint density at radius 3 is 2.53 bits per heavy atom. The molecular weight excluding hydrogens is 511 g/mol. The molecule has 1 saturated heterocycles. The minimum atomic E-state index is -4.65. The number of carbonyl (C=O) groups is 4. The van der Waals surface area contributed by atoms with Crippen molar-refractivity contribution in [3.8, 4) is 5.75 Å². The van der Waals surface area contributed by atoms with Crippen LogP contribution in [0, 0.1) is 0 Å². The maximum atomic E-state index is 13.2. The van der Waals surface area contributed by atoms with Crippen LogP contribution in [0.3, 0.4) is 0 Å². The largest absolute Gasteiger partial charge is 0.495 e. The summed E-state index contributed by atoms with van der Waals surface area (Å²) in [4.78, 5) is 57.7. The smallest absolute Gasteiger partial charge is 0.410 e. The van der Waals surface area contributed by atoms with E-state index in [0.29, 0.717) is 5.75 Å². The summed E-state index contributed by atoms with van der Waals surface area (Å²) < 4.78 is 48.1. The minimum Gasteiger partial charge on any atom is -0.495 e.